The molecule has 1 unspecified atom stereocenters. The molecule has 1 atom stereocenters. The number of amides is 1. The number of aromatic nitrogens is 3. The van der Waals surface area contributed by atoms with Crippen molar-refractivity contribution in [3.05, 3.63) is 94.9 Å². The number of fused-ring (bicyclic) bond motifs is 1. The molecular weight excluding hydrogens is 492 g/mol. The molecule has 1 amide bonds. The lowest BCUT2D eigenvalue weighted by molar-refractivity contribution is 0.0937. The van der Waals surface area contributed by atoms with Crippen molar-refractivity contribution in [2.45, 2.75) is 43.4 Å². The van der Waals surface area contributed by atoms with Crippen LogP contribution in [0.1, 0.15) is 45.2 Å². The Labute approximate surface area is 215 Å². The van der Waals surface area contributed by atoms with Crippen molar-refractivity contribution in [1.29, 1.82) is 0 Å². The van der Waals surface area contributed by atoms with E-state index in [1.807, 2.05) is 36.4 Å². The van der Waals surface area contributed by atoms with Gasteiger partial charge in [0.15, 0.2) is 10.7 Å². The topological polar surface area (TPSA) is 116 Å². The quantitative estimate of drug-likeness (QED) is 0.396. The largest absolute Gasteiger partial charge is 0.496 e. The summed E-state index contributed by atoms with van der Waals surface area (Å²) in [6.45, 7) is 3.55. The second kappa shape index (κ2) is 9.51. The summed E-state index contributed by atoms with van der Waals surface area (Å²) in [5, 5.41) is 6.90. The van der Waals surface area contributed by atoms with Crippen molar-refractivity contribution in [2.24, 2.45) is 0 Å². The zero-order valence-corrected chi connectivity index (χ0v) is 21.7. The molecular formula is C27H28N4O5S. The maximum Gasteiger partial charge on any atom is 0.274 e. The van der Waals surface area contributed by atoms with Gasteiger partial charge in [0.25, 0.3) is 15.9 Å². The zero-order valence-electron chi connectivity index (χ0n) is 20.9. The molecule has 2 heterocycles. The number of benzene rings is 2. The maximum atomic E-state index is 13.5. The number of carbonyl (C=O) groups is 1. The van der Waals surface area contributed by atoms with Crippen LogP contribution in [0.3, 0.4) is 0 Å². The van der Waals surface area contributed by atoms with Crippen LogP contribution in [0.15, 0.2) is 70.3 Å². The smallest absolute Gasteiger partial charge is 0.274 e. The molecule has 0 aliphatic heterocycles. The van der Waals surface area contributed by atoms with Gasteiger partial charge in [-0.05, 0) is 44.4 Å². The third-order valence-electron chi connectivity index (χ3n) is 7.07. The van der Waals surface area contributed by atoms with Gasteiger partial charge >= 0.3 is 0 Å². The van der Waals surface area contributed by atoms with Crippen molar-refractivity contribution in [1.82, 2.24) is 19.4 Å². The summed E-state index contributed by atoms with van der Waals surface area (Å²) in [6, 6.07) is 17.0. The van der Waals surface area contributed by atoms with E-state index in [-0.39, 0.29) is 16.6 Å². The van der Waals surface area contributed by atoms with E-state index in [0.717, 1.165) is 5.56 Å². The normalized spacial score (nSPS) is 17.3. The standard InChI is InChI=1S/C27H28N4O5S/c1-18-25(19(2)36-30-18)37(33,34)31-17-29-22-15-27(14-13-23(22)31,20-9-5-4-6-10-20)16-28-26(32)21-11-7-8-12-24(21)35-3/h4-12,17H,13-16H2,1-3H3,(H,28,32). The Bertz CT molecular complexity index is 1540. The van der Waals surface area contributed by atoms with E-state index in [9.17, 15) is 13.2 Å². The van der Waals surface area contributed by atoms with Crippen LogP contribution < -0.4 is 10.1 Å². The van der Waals surface area contributed by atoms with E-state index in [1.165, 1.54) is 17.4 Å². The fourth-order valence-electron chi connectivity index (χ4n) is 5.18. The highest BCUT2D eigenvalue weighted by Crippen LogP contribution is 2.39. The molecule has 9 nitrogen and oxygen atoms in total. The second-order valence-corrected chi connectivity index (χ2v) is 11.0. The van der Waals surface area contributed by atoms with E-state index in [4.69, 9.17) is 9.26 Å². The number of hydrogen-bond donors (Lipinski definition) is 1. The molecule has 0 bridgehead atoms. The Kier molecular flexibility index (Phi) is 6.36. The van der Waals surface area contributed by atoms with Crippen molar-refractivity contribution in [3.8, 4) is 5.75 Å². The van der Waals surface area contributed by atoms with Crippen molar-refractivity contribution in [3.63, 3.8) is 0 Å². The third-order valence-corrected chi connectivity index (χ3v) is 9.00. The molecule has 10 heteroatoms. The van der Waals surface area contributed by atoms with Crippen LogP contribution in [-0.2, 0) is 28.3 Å². The first kappa shape index (κ1) is 24.8. The Morgan fingerprint density at radius 2 is 1.86 bits per heavy atom. The highest BCUT2D eigenvalue weighted by Gasteiger charge is 2.40. The van der Waals surface area contributed by atoms with Crippen molar-refractivity contribution in [2.75, 3.05) is 13.7 Å². The molecule has 4 aromatic rings. The van der Waals surface area contributed by atoms with Gasteiger partial charge in [0.2, 0.25) is 0 Å². The predicted octanol–water partition coefficient (Wildman–Crippen LogP) is 3.59. The van der Waals surface area contributed by atoms with Gasteiger partial charge in [-0.3, -0.25) is 4.79 Å². The number of nitrogens with one attached hydrogen (secondary N) is 1. The number of aryl methyl sites for hydroxylation is 2. The summed E-state index contributed by atoms with van der Waals surface area (Å²) in [6.07, 6.45) is 2.93. The highest BCUT2D eigenvalue weighted by atomic mass is 32.2. The zero-order chi connectivity index (χ0) is 26.2. The summed E-state index contributed by atoms with van der Waals surface area (Å²) in [5.74, 6) is 0.515. The minimum atomic E-state index is -3.91. The van der Waals surface area contributed by atoms with Crippen LogP contribution in [0.5, 0.6) is 5.75 Å². The fourth-order valence-corrected chi connectivity index (χ4v) is 6.84. The summed E-state index contributed by atoms with van der Waals surface area (Å²) in [7, 11) is -2.38. The number of imidazole rings is 1. The van der Waals surface area contributed by atoms with Crippen molar-refractivity contribution < 1.29 is 22.5 Å². The molecule has 0 spiro atoms. The number of methoxy groups -OCH3 is 1. The third kappa shape index (κ3) is 4.31. The van der Waals surface area contributed by atoms with Gasteiger partial charge in [0.1, 0.15) is 17.8 Å². The summed E-state index contributed by atoms with van der Waals surface area (Å²) < 4.78 is 38.7. The number of para-hydroxylation sites is 1. The van der Waals surface area contributed by atoms with Crippen LogP contribution in [0.4, 0.5) is 0 Å². The van der Waals surface area contributed by atoms with E-state index >= 15 is 0 Å². The lowest BCUT2D eigenvalue weighted by Crippen LogP contribution is -2.45. The average Bonchev–Trinajstić information content (AvgIpc) is 3.50. The first-order chi connectivity index (χ1) is 17.8. The van der Waals surface area contributed by atoms with E-state index in [0.29, 0.717) is 54.2 Å². The number of ether oxygens (including phenoxy) is 1. The van der Waals surface area contributed by atoms with Gasteiger partial charge in [0, 0.05) is 18.4 Å². The number of rotatable bonds is 7. The number of nitrogens with zero attached hydrogens (tertiary/aromatic N) is 3. The van der Waals surface area contributed by atoms with E-state index < -0.39 is 15.4 Å². The molecule has 37 heavy (non-hydrogen) atoms. The molecule has 2 aromatic carbocycles. The first-order valence-corrected chi connectivity index (χ1v) is 13.4. The Morgan fingerprint density at radius 1 is 1.14 bits per heavy atom. The van der Waals surface area contributed by atoms with Crippen LogP contribution in [0.25, 0.3) is 0 Å². The molecule has 5 rings (SSSR count). The molecule has 2 aromatic heterocycles. The summed E-state index contributed by atoms with van der Waals surface area (Å²) >= 11 is 0. The minimum absolute atomic E-state index is 0.0664. The number of carbonyl (C=O) groups excluding carboxylic acids is 1. The van der Waals surface area contributed by atoms with Gasteiger partial charge in [-0.15, -0.1) is 0 Å². The minimum Gasteiger partial charge on any atom is -0.496 e. The summed E-state index contributed by atoms with van der Waals surface area (Å²) in [4.78, 5) is 17.7. The molecule has 0 saturated carbocycles. The SMILES string of the molecule is COc1ccccc1C(=O)NCC1(c2ccccc2)CCc2c(ncn2S(=O)(=O)c2c(C)noc2C)C1. The Balaban J connectivity index is 1.48. The average molecular weight is 521 g/mol. The molecule has 0 radical (unpaired) electrons. The fraction of sp³-hybridized carbons (Fsp3) is 0.296. The Morgan fingerprint density at radius 3 is 2.57 bits per heavy atom. The van der Waals surface area contributed by atoms with Crippen molar-refractivity contribution >= 4 is 15.9 Å². The van der Waals surface area contributed by atoms with Crippen LogP contribution in [-0.4, -0.2) is 42.1 Å². The molecule has 1 aliphatic rings. The molecule has 192 valence electrons. The van der Waals surface area contributed by atoms with Crippen LogP contribution >= 0.6 is 0 Å². The highest BCUT2D eigenvalue weighted by molar-refractivity contribution is 7.90. The second-order valence-electron chi connectivity index (χ2n) is 9.30. The maximum absolute atomic E-state index is 13.5. The monoisotopic (exact) mass is 520 g/mol. The van der Waals surface area contributed by atoms with Crippen LogP contribution in [0.2, 0.25) is 0 Å². The van der Waals surface area contributed by atoms with E-state index in [2.05, 4.69) is 15.5 Å². The van der Waals surface area contributed by atoms with Gasteiger partial charge in [0.05, 0.1) is 24.1 Å². The molecule has 1 N–H and O–H groups in total. The van der Waals surface area contributed by atoms with Gasteiger partial charge in [-0.1, -0.05) is 47.6 Å². The molecule has 1 aliphatic carbocycles. The number of hydrogen-bond acceptors (Lipinski definition) is 7. The van der Waals surface area contributed by atoms with E-state index in [1.54, 1.807) is 32.0 Å². The lowest BCUT2D eigenvalue weighted by atomic mass is 9.69. The van der Waals surface area contributed by atoms with Crippen LogP contribution in [0, 0.1) is 13.8 Å². The van der Waals surface area contributed by atoms with Gasteiger partial charge < -0.3 is 14.6 Å². The summed E-state index contributed by atoms with van der Waals surface area (Å²) in [5.41, 5.74) is 2.70. The Hall–Kier alpha value is -3.92. The molecule has 0 saturated heterocycles. The van der Waals surface area contributed by atoms with Gasteiger partial charge in [-0.25, -0.2) is 17.4 Å². The molecule has 0 fully saturated rings. The predicted molar refractivity (Wildman–Crippen MR) is 136 cm³/mol. The first-order valence-electron chi connectivity index (χ1n) is 12.0. The lowest BCUT2D eigenvalue weighted by Gasteiger charge is -2.37. The van der Waals surface area contributed by atoms with Gasteiger partial charge in [-0.2, -0.15) is 0 Å².